The van der Waals surface area contributed by atoms with Crippen LogP contribution in [0, 0.1) is 6.92 Å². The second-order valence-corrected chi connectivity index (χ2v) is 5.32. The molecule has 0 spiro atoms. The van der Waals surface area contributed by atoms with Crippen LogP contribution < -0.4 is 0 Å². The molecule has 0 fully saturated rings. The lowest BCUT2D eigenvalue weighted by Crippen LogP contribution is -2.29. The van der Waals surface area contributed by atoms with Crippen molar-refractivity contribution in [2.24, 2.45) is 7.05 Å². The Labute approximate surface area is 107 Å². The smallest absolute Gasteiger partial charge is 0.0739 e. The molecular weight excluding hydrogens is 266 g/mol. The monoisotopic (exact) mass is 287 g/mol. The molecule has 0 aliphatic carbocycles. The van der Waals surface area contributed by atoms with Crippen molar-refractivity contribution < 1.29 is 0 Å². The molecule has 0 radical (unpaired) electrons. The fourth-order valence-electron chi connectivity index (χ4n) is 1.88. The van der Waals surface area contributed by atoms with Gasteiger partial charge in [-0.05, 0) is 43.2 Å². The number of nitrogens with zero attached hydrogens (tertiary/aromatic N) is 3. The van der Waals surface area contributed by atoms with Crippen molar-refractivity contribution in [3.8, 4) is 0 Å². The van der Waals surface area contributed by atoms with Gasteiger partial charge in [-0.3, -0.25) is 9.58 Å². The molecule has 1 aromatic rings. The molecule has 1 aromatic heterocycles. The second-order valence-electron chi connectivity index (χ2n) is 4.52. The highest BCUT2D eigenvalue weighted by atomic mass is 79.9. The summed E-state index contributed by atoms with van der Waals surface area (Å²) in [6, 6.07) is 0.618. The van der Waals surface area contributed by atoms with Crippen molar-refractivity contribution in [2.75, 3.05) is 7.05 Å². The third kappa shape index (κ3) is 3.08. The Bertz CT molecular complexity index is 346. The van der Waals surface area contributed by atoms with Crippen LogP contribution in [0.2, 0.25) is 0 Å². The van der Waals surface area contributed by atoms with Crippen LogP contribution in [0.4, 0.5) is 0 Å². The number of rotatable bonds is 5. The molecule has 92 valence electrons. The SMILES string of the molecule is CCCC(C)N(C)Cc1c(Br)c(C)nn1C. The van der Waals surface area contributed by atoms with Crippen molar-refractivity contribution in [1.82, 2.24) is 14.7 Å². The predicted octanol–water partition coefficient (Wildman–Crippen LogP) is 3.11. The van der Waals surface area contributed by atoms with E-state index in [0.29, 0.717) is 6.04 Å². The molecule has 1 atom stereocenters. The van der Waals surface area contributed by atoms with Gasteiger partial charge in [0.05, 0.1) is 15.9 Å². The van der Waals surface area contributed by atoms with Gasteiger partial charge >= 0.3 is 0 Å². The van der Waals surface area contributed by atoms with Gasteiger partial charge in [0.1, 0.15) is 0 Å². The highest BCUT2D eigenvalue weighted by Crippen LogP contribution is 2.22. The van der Waals surface area contributed by atoms with Crippen LogP contribution in [0.25, 0.3) is 0 Å². The summed E-state index contributed by atoms with van der Waals surface area (Å²) in [5.74, 6) is 0. The zero-order valence-corrected chi connectivity index (χ0v) is 12.5. The van der Waals surface area contributed by atoms with E-state index in [2.05, 4.69) is 46.8 Å². The van der Waals surface area contributed by atoms with Crippen LogP contribution in [0.3, 0.4) is 0 Å². The van der Waals surface area contributed by atoms with Gasteiger partial charge < -0.3 is 0 Å². The number of aromatic nitrogens is 2. The summed E-state index contributed by atoms with van der Waals surface area (Å²) in [4.78, 5) is 2.38. The van der Waals surface area contributed by atoms with Gasteiger partial charge in [0, 0.05) is 19.6 Å². The van der Waals surface area contributed by atoms with E-state index in [0.717, 1.165) is 16.7 Å². The van der Waals surface area contributed by atoms with Crippen molar-refractivity contribution in [1.29, 1.82) is 0 Å². The maximum atomic E-state index is 4.41. The first kappa shape index (κ1) is 13.7. The normalized spacial score (nSPS) is 13.4. The summed E-state index contributed by atoms with van der Waals surface area (Å²) < 4.78 is 3.11. The highest BCUT2D eigenvalue weighted by Gasteiger charge is 2.15. The molecule has 3 nitrogen and oxygen atoms in total. The van der Waals surface area contributed by atoms with E-state index < -0.39 is 0 Å². The summed E-state index contributed by atoms with van der Waals surface area (Å²) in [6.07, 6.45) is 2.47. The van der Waals surface area contributed by atoms with Crippen LogP contribution >= 0.6 is 15.9 Å². The molecule has 0 aromatic carbocycles. The molecule has 0 aliphatic rings. The molecule has 1 heterocycles. The Morgan fingerprint density at radius 3 is 2.56 bits per heavy atom. The minimum absolute atomic E-state index is 0.618. The van der Waals surface area contributed by atoms with Crippen molar-refractivity contribution in [3.05, 3.63) is 15.9 Å². The highest BCUT2D eigenvalue weighted by molar-refractivity contribution is 9.10. The first-order chi connectivity index (χ1) is 7.47. The zero-order valence-electron chi connectivity index (χ0n) is 10.9. The average molecular weight is 288 g/mol. The third-order valence-electron chi connectivity index (χ3n) is 3.12. The Morgan fingerprint density at radius 1 is 1.50 bits per heavy atom. The summed E-state index contributed by atoms with van der Waals surface area (Å²) in [6.45, 7) is 7.48. The van der Waals surface area contributed by atoms with Gasteiger partial charge in [0.25, 0.3) is 0 Å². The first-order valence-corrected chi connectivity index (χ1v) is 6.64. The van der Waals surface area contributed by atoms with Gasteiger partial charge in [0.2, 0.25) is 0 Å². The van der Waals surface area contributed by atoms with Gasteiger partial charge in [0.15, 0.2) is 0 Å². The van der Waals surface area contributed by atoms with E-state index in [4.69, 9.17) is 0 Å². The van der Waals surface area contributed by atoms with Crippen LogP contribution in [-0.2, 0) is 13.6 Å². The molecular formula is C12H22BrN3. The lowest BCUT2D eigenvalue weighted by atomic mass is 10.1. The molecule has 16 heavy (non-hydrogen) atoms. The van der Waals surface area contributed by atoms with E-state index >= 15 is 0 Å². The molecule has 0 amide bonds. The molecule has 4 heteroatoms. The lowest BCUT2D eigenvalue weighted by Gasteiger charge is -2.24. The Kier molecular flexibility index (Phi) is 4.99. The molecule has 0 saturated heterocycles. The largest absolute Gasteiger partial charge is 0.298 e. The van der Waals surface area contributed by atoms with Crippen LogP contribution in [-0.4, -0.2) is 27.8 Å². The summed E-state index contributed by atoms with van der Waals surface area (Å²) in [7, 11) is 4.18. The fraction of sp³-hybridized carbons (Fsp3) is 0.750. The number of hydrogen-bond donors (Lipinski definition) is 0. The minimum Gasteiger partial charge on any atom is -0.298 e. The standard InChI is InChI=1S/C12H22BrN3/c1-6-7-9(2)15(4)8-11-12(13)10(3)14-16(11)5/h9H,6-8H2,1-5H3. The third-order valence-corrected chi connectivity index (χ3v) is 4.15. The van der Waals surface area contributed by atoms with E-state index in [-0.39, 0.29) is 0 Å². The maximum Gasteiger partial charge on any atom is 0.0739 e. The van der Waals surface area contributed by atoms with Gasteiger partial charge in [-0.15, -0.1) is 0 Å². The Morgan fingerprint density at radius 2 is 2.12 bits per heavy atom. The average Bonchev–Trinajstić information content (AvgIpc) is 2.45. The van der Waals surface area contributed by atoms with E-state index in [1.165, 1.54) is 18.5 Å². The molecule has 0 bridgehead atoms. The van der Waals surface area contributed by atoms with E-state index in [9.17, 15) is 0 Å². The van der Waals surface area contributed by atoms with Crippen molar-refractivity contribution in [2.45, 2.75) is 46.2 Å². The van der Waals surface area contributed by atoms with E-state index in [1.807, 2.05) is 18.7 Å². The molecule has 0 N–H and O–H groups in total. The van der Waals surface area contributed by atoms with Crippen molar-refractivity contribution >= 4 is 15.9 Å². The van der Waals surface area contributed by atoms with Gasteiger partial charge in [-0.2, -0.15) is 5.10 Å². The summed E-state index contributed by atoms with van der Waals surface area (Å²) in [5, 5.41) is 4.41. The predicted molar refractivity (Wildman–Crippen MR) is 71.5 cm³/mol. The molecule has 1 unspecified atom stereocenters. The van der Waals surface area contributed by atoms with E-state index in [1.54, 1.807) is 0 Å². The van der Waals surface area contributed by atoms with Crippen LogP contribution in [0.1, 0.15) is 38.1 Å². The van der Waals surface area contributed by atoms with Gasteiger partial charge in [-0.25, -0.2) is 0 Å². The number of halogens is 1. The number of hydrogen-bond acceptors (Lipinski definition) is 2. The van der Waals surface area contributed by atoms with Crippen LogP contribution in [0.5, 0.6) is 0 Å². The molecule has 1 rings (SSSR count). The minimum atomic E-state index is 0.618. The maximum absolute atomic E-state index is 4.41. The summed E-state index contributed by atoms with van der Waals surface area (Å²) >= 11 is 3.61. The number of aryl methyl sites for hydroxylation is 2. The Hall–Kier alpha value is -0.350. The molecule has 0 aliphatic heterocycles. The van der Waals surface area contributed by atoms with Gasteiger partial charge in [-0.1, -0.05) is 13.3 Å². The van der Waals surface area contributed by atoms with Crippen molar-refractivity contribution in [3.63, 3.8) is 0 Å². The topological polar surface area (TPSA) is 21.1 Å². The summed E-state index contributed by atoms with van der Waals surface area (Å²) in [5.41, 5.74) is 2.32. The lowest BCUT2D eigenvalue weighted by molar-refractivity contribution is 0.230. The fourth-order valence-corrected chi connectivity index (χ4v) is 2.34. The quantitative estimate of drug-likeness (QED) is 0.830. The second kappa shape index (κ2) is 5.82. The van der Waals surface area contributed by atoms with Crippen LogP contribution in [0.15, 0.2) is 4.47 Å². The Balaban J connectivity index is 2.72. The zero-order chi connectivity index (χ0) is 12.3. The first-order valence-electron chi connectivity index (χ1n) is 5.85. The molecule has 0 saturated carbocycles.